The third-order valence-corrected chi connectivity index (χ3v) is 6.28. The Morgan fingerprint density at radius 2 is 1.89 bits per heavy atom. The molecular formula is C24H35NO3. The number of hydrogen-bond acceptors (Lipinski definition) is 4. The van der Waals surface area contributed by atoms with E-state index < -0.39 is 5.60 Å². The number of ether oxygens (including phenoxy) is 2. The molecule has 1 aromatic rings. The maximum absolute atomic E-state index is 10.9. The Balaban J connectivity index is 1.47. The van der Waals surface area contributed by atoms with Crippen LogP contribution in [0.25, 0.3) is 0 Å². The Morgan fingerprint density at radius 1 is 1.14 bits per heavy atom. The molecule has 1 atom stereocenters. The summed E-state index contributed by atoms with van der Waals surface area (Å²) in [7, 11) is 4.28. The van der Waals surface area contributed by atoms with Crippen LogP contribution in [0.2, 0.25) is 0 Å². The Bertz CT molecular complexity index is 647. The van der Waals surface area contributed by atoms with Gasteiger partial charge in [-0.1, -0.05) is 36.3 Å². The maximum atomic E-state index is 10.9. The van der Waals surface area contributed by atoms with Crippen molar-refractivity contribution >= 4 is 0 Å². The van der Waals surface area contributed by atoms with Crippen molar-refractivity contribution < 1.29 is 14.6 Å². The van der Waals surface area contributed by atoms with Gasteiger partial charge in [-0.2, -0.15) is 0 Å². The first kappa shape index (κ1) is 21.3. The first-order chi connectivity index (χ1) is 13.5. The molecule has 0 radical (unpaired) electrons. The predicted octanol–water partition coefficient (Wildman–Crippen LogP) is 4.08. The van der Waals surface area contributed by atoms with E-state index in [1.165, 1.54) is 12.0 Å². The first-order valence-electron chi connectivity index (χ1n) is 10.7. The average Bonchev–Trinajstić information content (AvgIpc) is 2.72. The standard InChI is InChI=1S/C24H35NO3/c1-25(2)24(21-11-5-3-6-12-21)17-15-23(26,16-18-24)14-8-4-9-19-27-22-13-7-10-20-28-22/h3,5-6,11-12,22,26H,4,7,9-10,13,15-20H2,1-2H3. The van der Waals surface area contributed by atoms with Crippen molar-refractivity contribution in [1.82, 2.24) is 4.90 Å². The lowest BCUT2D eigenvalue weighted by atomic mass is 9.70. The van der Waals surface area contributed by atoms with E-state index in [9.17, 15) is 5.11 Å². The van der Waals surface area contributed by atoms with Gasteiger partial charge in [0.2, 0.25) is 0 Å². The molecule has 1 N–H and O–H groups in total. The monoisotopic (exact) mass is 385 g/mol. The fourth-order valence-electron chi connectivity index (χ4n) is 4.39. The van der Waals surface area contributed by atoms with Crippen molar-refractivity contribution in [2.24, 2.45) is 0 Å². The van der Waals surface area contributed by atoms with E-state index in [0.717, 1.165) is 45.1 Å². The Labute approximate surface area is 170 Å². The zero-order valence-corrected chi connectivity index (χ0v) is 17.5. The summed E-state index contributed by atoms with van der Waals surface area (Å²) < 4.78 is 11.3. The number of benzene rings is 1. The zero-order valence-electron chi connectivity index (χ0n) is 17.5. The van der Waals surface area contributed by atoms with Gasteiger partial charge in [0.05, 0.1) is 6.61 Å². The minimum atomic E-state index is -0.859. The highest BCUT2D eigenvalue weighted by Crippen LogP contribution is 2.44. The first-order valence-corrected chi connectivity index (χ1v) is 10.7. The van der Waals surface area contributed by atoms with E-state index in [1.807, 2.05) is 0 Å². The van der Waals surface area contributed by atoms with Gasteiger partial charge in [0.1, 0.15) is 5.60 Å². The van der Waals surface area contributed by atoms with Crippen LogP contribution in [0.4, 0.5) is 0 Å². The van der Waals surface area contributed by atoms with Crippen molar-refractivity contribution in [2.45, 2.75) is 75.2 Å². The SMILES string of the molecule is CN(C)C1(c2ccccc2)CCC(O)(C#CCCCOC2CCCCO2)CC1. The molecule has 1 aromatic carbocycles. The van der Waals surface area contributed by atoms with Crippen LogP contribution in [-0.2, 0) is 15.0 Å². The van der Waals surface area contributed by atoms with Crippen LogP contribution in [0, 0.1) is 11.8 Å². The number of aliphatic hydroxyl groups is 1. The van der Waals surface area contributed by atoms with E-state index in [4.69, 9.17) is 9.47 Å². The van der Waals surface area contributed by atoms with E-state index in [2.05, 4.69) is 61.2 Å². The molecule has 28 heavy (non-hydrogen) atoms. The lowest BCUT2D eigenvalue weighted by Crippen LogP contribution is -2.48. The van der Waals surface area contributed by atoms with E-state index in [1.54, 1.807) is 0 Å². The second-order valence-corrected chi connectivity index (χ2v) is 8.40. The maximum Gasteiger partial charge on any atom is 0.157 e. The van der Waals surface area contributed by atoms with Crippen molar-refractivity contribution in [3.63, 3.8) is 0 Å². The normalized spacial score (nSPS) is 30.6. The number of nitrogens with zero attached hydrogens (tertiary/aromatic N) is 1. The molecule has 154 valence electrons. The van der Waals surface area contributed by atoms with Crippen LogP contribution in [0.15, 0.2) is 30.3 Å². The third-order valence-electron chi connectivity index (χ3n) is 6.28. The van der Waals surface area contributed by atoms with Crippen LogP contribution >= 0.6 is 0 Å². The summed E-state index contributed by atoms with van der Waals surface area (Å²) in [5.41, 5.74) is 0.460. The average molecular weight is 386 g/mol. The largest absolute Gasteiger partial charge is 0.378 e. The molecule has 0 spiro atoms. The summed E-state index contributed by atoms with van der Waals surface area (Å²) in [6.07, 6.45) is 8.19. The highest BCUT2D eigenvalue weighted by molar-refractivity contribution is 5.27. The summed E-state index contributed by atoms with van der Waals surface area (Å²) in [6.45, 7) is 1.49. The molecule has 0 amide bonds. The molecule has 0 aromatic heterocycles. The van der Waals surface area contributed by atoms with Gasteiger partial charge in [-0.05, 0) is 71.0 Å². The molecule has 1 unspecified atom stereocenters. The number of unbranched alkanes of at least 4 members (excludes halogenated alkanes) is 1. The minimum Gasteiger partial charge on any atom is -0.378 e. The second kappa shape index (κ2) is 9.89. The lowest BCUT2D eigenvalue weighted by molar-refractivity contribution is -0.162. The Morgan fingerprint density at radius 3 is 2.54 bits per heavy atom. The molecule has 0 bridgehead atoms. The second-order valence-electron chi connectivity index (χ2n) is 8.40. The van der Waals surface area contributed by atoms with E-state index in [0.29, 0.717) is 19.4 Å². The molecule has 2 fully saturated rings. The Kier molecular flexibility index (Phi) is 7.54. The van der Waals surface area contributed by atoms with Crippen LogP contribution in [0.3, 0.4) is 0 Å². The zero-order chi connectivity index (χ0) is 19.9. The van der Waals surface area contributed by atoms with Crippen LogP contribution in [0.1, 0.15) is 63.4 Å². The predicted molar refractivity (Wildman–Crippen MR) is 112 cm³/mol. The molecule has 3 rings (SSSR count). The molecule has 1 aliphatic carbocycles. The lowest BCUT2D eigenvalue weighted by Gasteiger charge is -2.47. The molecule has 1 saturated heterocycles. The van der Waals surface area contributed by atoms with Gasteiger partial charge < -0.3 is 14.6 Å². The summed E-state index contributed by atoms with van der Waals surface area (Å²) >= 11 is 0. The van der Waals surface area contributed by atoms with Gasteiger partial charge in [-0.3, -0.25) is 4.90 Å². The topological polar surface area (TPSA) is 41.9 Å². The van der Waals surface area contributed by atoms with Crippen molar-refractivity contribution in [3.05, 3.63) is 35.9 Å². The van der Waals surface area contributed by atoms with Crippen molar-refractivity contribution in [1.29, 1.82) is 0 Å². The highest BCUT2D eigenvalue weighted by Gasteiger charge is 2.43. The smallest absolute Gasteiger partial charge is 0.157 e. The molecule has 4 nitrogen and oxygen atoms in total. The molecule has 4 heteroatoms. The molecule has 1 aliphatic heterocycles. The van der Waals surface area contributed by atoms with Gasteiger partial charge in [0.15, 0.2) is 6.29 Å². The molecular weight excluding hydrogens is 350 g/mol. The van der Waals surface area contributed by atoms with Gasteiger partial charge >= 0.3 is 0 Å². The quantitative estimate of drug-likeness (QED) is 0.592. The summed E-state index contributed by atoms with van der Waals surface area (Å²) in [5.74, 6) is 6.36. The third kappa shape index (κ3) is 5.36. The fraction of sp³-hybridized carbons (Fsp3) is 0.667. The van der Waals surface area contributed by atoms with Crippen LogP contribution < -0.4 is 0 Å². The van der Waals surface area contributed by atoms with Crippen molar-refractivity contribution in [2.75, 3.05) is 27.3 Å². The molecule has 1 saturated carbocycles. The Hall–Kier alpha value is -1.38. The minimum absolute atomic E-state index is 0.0109. The van der Waals surface area contributed by atoms with Crippen LogP contribution in [0.5, 0.6) is 0 Å². The van der Waals surface area contributed by atoms with Gasteiger partial charge in [0, 0.05) is 18.6 Å². The van der Waals surface area contributed by atoms with Crippen LogP contribution in [-0.4, -0.2) is 49.2 Å². The highest BCUT2D eigenvalue weighted by atomic mass is 16.7. The van der Waals surface area contributed by atoms with Gasteiger partial charge in [0.25, 0.3) is 0 Å². The molecule has 2 aliphatic rings. The summed E-state index contributed by atoms with van der Waals surface area (Å²) in [4.78, 5) is 2.31. The van der Waals surface area contributed by atoms with Crippen molar-refractivity contribution in [3.8, 4) is 11.8 Å². The number of hydrogen-bond donors (Lipinski definition) is 1. The number of rotatable bonds is 6. The van der Waals surface area contributed by atoms with Gasteiger partial charge in [-0.25, -0.2) is 0 Å². The molecule has 1 heterocycles. The van der Waals surface area contributed by atoms with E-state index >= 15 is 0 Å². The fourth-order valence-corrected chi connectivity index (χ4v) is 4.39. The van der Waals surface area contributed by atoms with E-state index in [-0.39, 0.29) is 11.8 Å². The van der Waals surface area contributed by atoms with Gasteiger partial charge in [-0.15, -0.1) is 5.92 Å². The summed E-state index contributed by atoms with van der Waals surface area (Å²) in [5, 5.41) is 10.9. The summed E-state index contributed by atoms with van der Waals surface area (Å²) in [6, 6.07) is 10.7.